The molecule has 1 aromatic carbocycles. The topological polar surface area (TPSA) is 26.0 Å². The summed E-state index contributed by atoms with van der Waals surface area (Å²) in [5.74, 6) is 0.319. The van der Waals surface area contributed by atoms with Crippen molar-refractivity contribution in [2.75, 3.05) is 0 Å². The molecule has 0 aromatic heterocycles. The van der Waals surface area contributed by atoms with Crippen LogP contribution in [0.25, 0.3) is 0 Å². The van der Waals surface area contributed by atoms with Gasteiger partial charge in [0.1, 0.15) is 5.82 Å². The van der Waals surface area contributed by atoms with Gasteiger partial charge in [0.25, 0.3) is 0 Å². The predicted octanol–water partition coefficient (Wildman–Crippen LogP) is 3.37. The van der Waals surface area contributed by atoms with Gasteiger partial charge in [0.05, 0.1) is 0 Å². The maximum absolute atomic E-state index is 13.5. The maximum atomic E-state index is 13.5. The third-order valence-electron chi connectivity index (χ3n) is 4.49. The Kier molecular flexibility index (Phi) is 2.79. The average Bonchev–Trinajstić information content (AvgIpc) is 2.28. The molecule has 2 rings (SSSR count). The van der Waals surface area contributed by atoms with Gasteiger partial charge in [-0.05, 0) is 48.3 Å². The zero-order valence-electron chi connectivity index (χ0n) is 10.3. The molecule has 0 radical (unpaired) electrons. The lowest BCUT2D eigenvalue weighted by molar-refractivity contribution is 0.0704. The zero-order valence-corrected chi connectivity index (χ0v) is 10.3. The van der Waals surface area contributed by atoms with Crippen LogP contribution in [0.2, 0.25) is 0 Å². The van der Waals surface area contributed by atoms with Gasteiger partial charge in [-0.25, -0.2) is 4.39 Å². The Hall–Kier alpha value is -0.890. The summed E-state index contributed by atoms with van der Waals surface area (Å²) in [6, 6.07) is 5.85. The first-order chi connectivity index (χ1) is 7.49. The highest BCUT2D eigenvalue weighted by atomic mass is 19.1. The molecule has 1 aliphatic rings. The molecule has 88 valence electrons. The van der Waals surface area contributed by atoms with Crippen LogP contribution in [0.4, 0.5) is 4.39 Å². The van der Waals surface area contributed by atoms with E-state index >= 15 is 0 Å². The van der Waals surface area contributed by atoms with Gasteiger partial charge in [0.15, 0.2) is 0 Å². The van der Waals surface area contributed by atoms with Crippen LogP contribution >= 0.6 is 0 Å². The highest BCUT2D eigenvalue weighted by Gasteiger charge is 2.48. The van der Waals surface area contributed by atoms with Crippen molar-refractivity contribution in [1.82, 2.24) is 0 Å². The number of halogens is 1. The second-order valence-corrected chi connectivity index (χ2v) is 5.26. The van der Waals surface area contributed by atoms with Crippen molar-refractivity contribution in [1.29, 1.82) is 0 Å². The summed E-state index contributed by atoms with van der Waals surface area (Å²) in [4.78, 5) is 0. The van der Waals surface area contributed by atoms with E-state index in [1.807, 2.05) is 12.1 Å². The van der Waals surface area contributed by atoms with Crippen molar-refractivity contribution >= 4 is 0 Å². The molecule has 0 spiro atoms. The van der Waals surface area contributed by atoms with Crippen LogP contribution in [0.15, 0.2) is 18.2 Å². The number of hydrogen-bond acceptors (Lipinski definition) is 1. The van der Waals surface area contributed by atoms with E-state index in [2.05, 4.69) is 13.8 Å². The van der Waals surface area contributed by atoms with Crippen molar-refractivity contribution in [2.24, 2.45) is 11.1 Å². The van der Waals surface area contributed by atoms with Gasteiger partial charge in [-0.3, -0.25) is 0 Å². The fourth-order valence-corrected chi connectivity index (χ4v) is 2.74. The first kappa shape index (κ1) is 11.6. The molecule has 0 bridgehead atoms. The largest absolute Gasteiger partial charge is 0.327 e. The number of hydrogen-bond donors (Lipinski definition) is 1. The normalized spacial score (nSPS) is 33.6. The molecule has 1 fully saturated rings. The first-order valence-electron chi connectivity index (χ1n) is 6.00. The Bertz CT molecular complexity index is 402. The van der Waals surface area contributed by atoms with Crippen LogP contribution in [-0.4, -0.2) is 6.04 Å². The van der Waals surface area contributed by atoms with Crippen molar-refractivity contribution in [2.45, 2.75) is 45.6 Å². The standard InChI is InChI=1S/C14H20FN/c1-4-14(3)11(8-13(14)16)10-6-5-9(2)12(15)7-10/h5-7,11,13H,4,8,16H2,1-3H3. The second-order valence-electron chi connectivity index (χ2n) is 5.26. The molecular formula is C14H20FN. The molecule has 16 heavy (non-hydrogen) atoms. The molecule has 3 atom stereocenters. The van der Waals surface area contributed by atoms with Gasteiger partial charge in [0.2, 0.25) is 0 Å². The average molecular weight is 221 g/mol. The smallest absolute Gasteiger partial charge is 0.126 e. The molecule has 1 nitrogen and oxygen atoms in total. The summed E-state index contributed by atoms with van der Waals surface area (Å²) >= 11 is 0. The first-order valence-corrected chi connectivity index (χ1v) is 6.00. The molecule has 1 saturated carbocycles. The summed E-state index contributed by atoms with van der Waals surface area (Å²) in [7, 11) is 0. The summed E-state index contributed by atoms with van der Waals surface area (Å²) in [6.45, 7) is 6.17. The minimum absolute atomic E-state index is 0.101. The number of rotatable bonds is 2. The second kappa shape index (κ2) is 3.85. The van der Waals surface area contributed by atoms with Crippen molar-refractivity contribution in [3.05, 3.63) is 35.1 Å². The molecule has 0 amide bonds. The van der Waals surface area contributed by atoms with Gasteiger partial charge in [-0.15, -0.1) is 0 Å². The molecule has 2 heteroatoms. The van der Waals surface area contributed by atoms with Crippen molar-refractivity contribution in [3.8, 4) is 0 Å². The number of aryl methyl sites for hydroxylation is 1. The zero-order chi connectivity index (χ0) is 11.9. The lowest BCUT2D eigenvalue weighted by Gasteiger charge is -2.53. The van der Waals surface area contributed by atoms with E-state index in [9.17, 15) is 4.39 Å². The van der Waals surface area contributed by atoms with Crippen LogP contribution in [0.1, 0.15) is 43.7 Å². The monoisotopic (exact) mass is 221 g/mol. The molecular weight excluding hydrogens is 201 g/mol. The number of benzene rings is 1. The molecule has 0 saturated heterocycles. The Labute approximate surface area is 96.9 Å². The SMILES string of the molecule is CCC1(C)C(N)CC1c1ccc(C)c(F)c1. The maximum Gasteiger partial charge on any atom is 0.126 e. The Morgan fingerprint density at radius 2 is 2.19 bits per heavy atom. The van der Waals surface area contributed by atoms with Crippen LogP contribution < -0.4 is 5.73 Å². The molecule has 0 aliphatic heterocycles. The minimum atomic E-state index is -0.101. The molecule has 2 N–H and O–H groups in total. The van der Waals surface area contributed by atoms with Gasteiger partial charge in [0, 0.05) is 6.04 Å². The summed E-state index contributed by atoms with van der Waals surface area (Å²) in [5.41, 5.74) is 8.03. The summed E-state index contributed by atoms with van der Waals surface area (Å²) in [6.07, 6.45) is 2.03. The summed E-state index contributed by atoms with van der Waals surface area (Å²) in [5, 5.41) is 0. The van der Waals surface area contributed by atoms with Gasteiger partial charge >= 0.3 is 0 Å². The van der Waals surface area contributed by atoms with Gasteiger partial charge in [-0.1, -0.05) is 26.0 Å². The Balaban J connectivity index is 2.29. The fourth-order valence-electron chi connectivity index (χ4n) is 2.74. The fraction of sp³-hybridized carbons (Fsp3) is 0.571. The quantitative estimate of drug-likeness (QED) is 0.814. The van der Waals surface area contributed by atoms with Gasteiger partial charge < -0.3 is 5.73 Å². The Morgan fingerprint density at radius 3 is 2.69 bits per heavy atom. The highest BCUT2D eigenvalue weighted by molar-refractivity contribution is 5.31. The minimum Gasteiger partial charge on any atom is -0.327 e. The third kappa shape index (κ3) is 1.56. The van der Waals surface area contributed by atoms with Gasteiger partial charge in [-0.2, -0.15) is 0 Å². The van der Waals surface area contributed by atoms with Crippen LogP contribution in [0.5, 0.6) is 0 Å². The lowest BCUT2D eigenvalue weighted by atomic mass is 9.54. The lowest BCUT2D eigenvalue weighted by Crippen LogP contribution is -2.54. The highest BCUT2D eigenvalue weighted by Crippen LogP contribution is 2.53. The van der Waals surface area contributed by atoms with Crippen LogP contribution in [0.3, 0.4) is 0 Å². The Morgan fingerprint density at radius 1 is 1.50 bits per heavy atom. The van der Waals surface area contributed by atoms with Crippen molar-refractivity contribution < 1.29 is 4.39 Å². The van der Waals surface area contributed by atoms with E-state index in [0.717, 1.165) is 18.4 Å². The third-order valence-corrected chi connectivity index (χ3v) is 4.49. The summed E-state index contributed by atoms with van der Waals surface area (Å²) < 4.78 is 13.5. The van der Waals surface area contributed by atoms with Crippen LogP contribution in [0, 0.1) is 18.2 Å². The van der Waals surface area contributed by atoms with E-state index in [1.54, 1.807) is 13.0 Å². The van der Waals surface area contributed by atoms with E-state index in [4.69, 9.17) is 5.73 Å². The molecule has 1 aliphatic carbocycles. The van der Waals surface area contributed by atoms with E-state index in [-0.39, 0.29) is 17.3 Å². The van der Waals surface area contributed by atoms with Crippen molar-refractivity contribution in [3.63, 3.8) is 0 Å². The molecule has 3 unspecified atom stereocenters. The van der Waals surface area contributed by atoms with Crippen LogP contribution in [-0.2, 0) is 0 Å². The number of nitrogens with two attached hydrogens (primary N) is 1. The predicted molar refractivity (Wildman–Crippen MR) is 64.9 cm³/mol. The van der Waals surface area contributed by atoms with E-state index in [0.29, 0.717) is 11.5 Å². The van der Waals surface area contributed by atoms with E-state index in [1.165, 1.54) is 0 Å². The van der Waals surface area contributed by atoms with E-state index < -0.39 is 0 Å². The molecule has 1 aromatic rings. The molecule has 0 heterocycles.